The third kappa shape index (κ3) is 2.40. The molecular weight excluding hydrogens is 154 g/mol. The van der Waals surface area contributed by atoms with Gasteiger partial charge in [-0.3, -0.25) is 0 Å². The van der Waals surface area contributed by atoms with Gasteiger partial charge in [0.15, 0.2) is 0 Å². The average molecular weight is 171 g/mol. The Labute approximate surface area is 73.5 Å². The molecule has 1 unspecified atom stereocenters. The van der Waals surface area contributed by atoms with Crippen molar-refractivity contribution in [3.05, 3.63) is 0 Å². The quantitative estimate of drug-likeness (QED) is 0.689. The van der Waals surface area contributed by atoms with Gasteiger partial charge in [0.2, 0.25) is 0 Å². The van der Waals surface area contributed by atoms with Crippen LogP contribution in [0.3, 0.4) is 0 Å². The van der Waals surface area contributed by atoms with Crippen LogP contribution in [0.2, 0.25) is 0 Å². The molecule has 0 aromatic carbocycles. The van der Waals surface area contributed by atoms with Gasteiger partial charge in [-0.2, -0.15) is 0 Å². The molecule has 70 valence electrons. The summed E-state index contributed by atoms with van der Waals surface area (Å²) < 4.78 is 4.53. The molecule has 0 saturated heterocycles. The molecule has 1 amide bonds. The number of amides is 1. The van der Waals surface area contributed by atoms with Crippen LogP contribution in [0.4, 0.5) is 4.79 Å². The predicted molar refractivity (Wildman–Crippen MR) is 47.0 cm³/mol. The van der Waals surface area contributed by atoms with E-state index in [1.54, 1.807) is 0 Å². The highest BCUT2D eigenvalue weighted by Gasteiger charge is 2.24. The third-order valence-corrected chi connectivity index (χ3v) is 2.63. The second-order valence-corrected chi connectivity index (χ2v) is 3.42. The van der Waals surface area contributed by atoms with Crippen molar-refractivity contribution in [2.45, 2.75) is 38.6 Å². The fourth-order valence-corrected chi connectivity index (χ4v) is 1.80. The van der Waals surface area contributed by atoms with Crippen LogP contribution in [0, 0.1) is 5.92 Å². The van der Waals surface area contributed by atoms with Gasteiger partial charge in [-0.25, -0.2) is 4.79 Å². The van der Waals surface area contributed by atoms with E-state index < -0.39 is 0 Å². The maximum Gasteiger partial charge on any atom is 0.407 e. The summed E-state index contributed by atoms with van der Waals surface area (Å²) in [5, 5.41) is 2.83. The van der Waals surface area contributed by atoms with Crippen molar-refractivity contribution in [2.75, 3.05) is 7.11 Å². The van der Waals surface area contributed by atoms with Crippen LogP contribution in [0.25, 0.3) is 0 Å². The van der Waals surface area contributed by atoms with Gasteiger partial charge in [-0.15, -0.1) is 0 Å². The zero-order valence-corrected chi connectivity index (χ0v) is 7.80. The number of nitrogens with one attached hydrogen (secondary N) is 1. The fourth-order valence-electron chi connectivity index (χ4n) is 1.80. The average Bonchev–Trinajstić information content (AvgIpc) is 2.52. The van der Waals surface area contributed by atoms with Gasteiger partial charge in [0.1, 0.15) is 0 Å². The molecule has 1 N–H and O–H groups in total. The number of carbonyl (C=O) groups is 1. The Bertz CT molecular complexity index is 159. The Morgan fingerprint density at radius 2 is 2.33 bits per heavy atom. The Balaban J connectivity index is 2.23. The Morgan fingerprint density at radius 3 is 2.83 bits per heavy atom. The second-order valence-electron chi connectivity index (χ2n) is 3.42. The molecule has 0 radical (unpaired) electrons. The molecule has 0 aromatic heterocycles. The molecule has 0 heterocycles. The minimum absolute atomic E-state index is 0.295. The van der Waals surface area contributed by atoms with E-state index in [1.165, 1.54) is 20.0 Å². The van der Waals surface area contributed by atoms with Crippen molar-refractivity contribution < 1.29 is 9.53 Å². The Morgan fingerprint density at radius 1 is 1.58 bits per heavy atom. The summed E-state index contributed by atoms with van der Waals surface area (Å²) in [6, 6.07) is 0.349. The first-order valence-electron chi connectivity index (χ1n) is 4.60. The highest BCUT2D eigenvalue weighted by atomic mass is 16.5. The molecule has 2 atom stereocenters. The molecule has 1 saturated carbocycles. The maximum absolute atomic E-state index is 10.8. The zero-order chi connectivity index (χ0) is 8.97. The standard InChI is InChI=1S/C9H17NO2/c1-3-7-4-5-8(6-7)10-9(11)12-2/h7-8H,3-6H2,1-2H3,(H,10,11)/t7?,8-/m1/s1. The van der Waals surface area contributed by atoms with Crippen LogP contribution >= 0.6 is 0 Å². The van der Waals surface area contributed by atoms with Gasteiger partial charge < -0.3 is 10.1 Å². The monoisotopic (exact) mass is 171 g/mol. The predicted octanol–water partition coefficient (Wildman–Crippen LogP) is 1.92. The fraction of sp³-hybridized carbons (Fsp3) is 0.889. The number of carbonyl (C=O) groups excluding carboxylic acids is 1. The van der Waals surface area contributed by atoms with Crippen molar-refractivity contribution in [3.8, 4) is 0 Å². The van der Waals surface area contributed by atoms with Crippen molar-refractivity contribution in [1.82, 2.24) is 5.32 Å². The lowest BCUT2D eigenvalue weighted by Gasteiger charge is -2.10. The van der Waals surface area contributed by atoms with Crippen LogP contribution < -0.4 is 5.32 Å². The first kappa shape index (κ1) is 9.36. The topological polar surface area (TPSA) is 38.3 Å². The molecule has 0 aliphatic heterocycles. The van der Waals surface area contributed by atoms with Gasteiger partial charge in [0.25, 0.3) is 0 Å². The Kier molecular flexibility index (Phi) is 3.38. The summed E-state index contributed by atoms with van der Waals surface area (Å²) in [6.45, 7) is 2.20. The van der Waals surface area contributed by atoms with Crippen molar-refractivity contribution in [2.24, 2.45) is 5.92 Å². The molecular formula is C9H17NO2. The lowest BCUT2D eigenvalue weighted by Crippen LogP contribution is -2.32. The van der Waals surface area contributed by atoms with Crippen molar-refractivity contribution in [1.29, 1.82) is 0 Å². The lowest BCUT2D eigenvalue weighted by molar-refractivity contribution is 0.166. The third-order valence-electron chi connectivity index (χ3n) is 2.63. The van der Waals surface area contributed by atoms with E-state index in [4.69, 9.17) is 0 Å². The number of ether oxygens (including phenoxy) is 1. The van der Waals surface area contributed by atoms with Crippen LogP contribution in [-0.4, -0.2) is 19.2 Å². The summed E-state index contributed by atoms with van der Waals surface area (Å²) >= 11 is 0. The first-order valence-corrected chi connectivity index (χ1v) is 4.60. The summed E-state index contributed by atoms with van der Waals surface area (Å²) in [7, 11) is 1.40. The summed E-state index contributed by atoms with van der Waals surface area (Å²) in [5.41, 5.74) is 0. The second kappa shape index (κ2) is 4.33. The number of hydrogen-bond donors (Lipinski definition) is 1. The summed E-state index contributed by atoms with van der Waals surface area (Å²) in [4.78, 5) is 10.8. The molecule has 1 aliphatic carbocycles. The molecule has 0 spiro atoms. The smallest absolute Gasteiger partial charge is 0.407 e. The molecule has 0 bridgehead atoms. The van der Waals surface area contributed by atoms with E-state index in [0.717, 1.165) is 18.8 Å². The molecule has 1 rings (SSSR count). The van der Waals surface area contributed by atoms with Gasteiger partial charge in [0.05, 0.1) is 7.11 Å². The van der Waals surface area contributed by atoms with E-state index in [0.29, 0.717) is 6.04 Å². The van der Waals surface area contributed by atoms with Gasteiger partial charge in [0, 0.05) is 6.04 Å². The largest absolute Gasteiger partial charge is 0.453 e. The molecule has 3 nitrogen and oxygen atoms in total. The highest BCUT2D eigenvalue weighted by Crippen LogP contribution is 2.27. The SMILES string of the molecule is CCC1CC[C@@H](NC(=O)OC)C1. The summed E-state index contributed by atoms with van der Waals surface area (Å²) in [6.07, 6.45) is 4.39. The highest BCUT2D eigenvalue weighted by molar-refractivity contribution is 5.67. The first-order chi connectivity index (χ1) is 5.76. The normalized spacial score (nSPS) is 28.5. The van der Waals surface area contributed by atoms with Crippen LogP contribution in [0.15, 0.2) is 0 Å². The van der Waals surface area contributed by atoms with E-state index >= 15 is 0 Å². The van der Waals surface area contributed by atoms with E-state index in [2.05, 4.69) is 17.0 Å². The molecule has 3 heteroatoms. The van der Waals surface area contributed by atoms with Gasteiger partial charge >= 0.3 is 6.09 Å². The Hall–Kier alpha value is -0.730. The number of methoxy groups -OCH3 is 1. The maximum atomic E-state index is 10.8. The van der Waals surface area contributed by atoms with Crippen molar-refractivity contribution in [3.63, 3.8) is 0 Å². The molecule has 12 heavy (non-hydrogen) atoms. The van der Waals surface area contributed by atoms with Gasteiger partial charge in [-0.05, 0) is 25.2 Å². The number of alkyl carbamates (subject to hydrolysis) is 1. The number of hydrogen-bond acceptors (Lipinski definition) is 2. The minimum atomic E-state index is -0.295. The van der Waals surface area contributed by atoms with E-state index in [-0.39, 0.29) is 6.09 Å². The van der Waals surface area contributed by atoms with Crippen LogP contribution in [0.1, 0.15) is 32.6 Å². The van der Waals surface area contributed by atoms with Crippen molar-refractivity contribution >= 4 is 6.09 Å². The number of rotatable bonds is 2. The summed E-state index contributed by atoms with van der Waals surface area (Å²) in [5.74, 6) is 0.798. The van der Waals surface area contributed by atoms with E-state index in [1.807, 2.05) is 0 Å². The molecule has 1 aliphatic rings. The molecule has 0 aromatic rings. The van der Waals surface area contributed by atoms with E-state index in [9.17, 15) is 4.79 Å². The van der Waals surface area contributed by atoms with Crippen LogP contribution in [-0.2, 0) is 4.74 Å². The minimum Gasteiger partial charge on any atom is -0.453 e. The van der Waals surface area contributed by atoms with Crippen LogP contribution in [0.5, 0.6) is 0 Å². The van der Waals surface area contributed by atoms with Gasteiger partial charge in [-0.1, -0.05) is 13.3 Å². The molecule has 1 fully saturated rings. The zero-order valence-electron chi connectivity index (χ0n) is 7.80. The lowest BCUT2D eigenvalue weighted by atomic mass is 10.1.